The van der Waals surface area contributed by atoms with Crippen molar-refractivity contribution in [1.29, 1.82) is 0 Å². The number of aromatic nitrogens is 2. The minimum atomic E-state index is -0.999. The van der Waals surface area contributed by atoms with Gasteiger partial charge >= 0.3 is 0 Å². The maximum absolute atomic E-state index is 13.1. The van der Waals surface area contributed by atoms with Crippen LogP contribution in [-0.4, -0.2) is 28.9 Å². The van der Waals surface area contributed by atoms with Crippen molar-refractivity contribution in [3.63, 3.8) is 0 Å². The number of carbonyl (C=O) groups is 2. The van der Waals surface area contributed by atoms with Crippen molar-refractivity contribution < 1.29 is 14.3 Å². The number of hydrogen-bond acceptors (Lipinski definition) is 6. The molecule has 1 aromatic heterocycles. The first-order valence-electron chi connectivity index (χ1n) is 9.76. The molecule has 9 nitrogen and oxygen atoms in total. The second-order valence-corrected chi connectivity index (χ2v) is 7.72. The lowest BCUT2D eigenvalue weighted by Gasteiger charge is -2.24. The number of H-pyrrole nitrogens is 1. The Morgan fingerprint density at radius 1 is 1.22 bits per heavy atom. The molecule has 0 saturated carbocycles. The standard InChI is InChI=1S/C22H20ClN5O4/c1-11-6-7-14(32-2)9-16(11)25-20(30)15-10-17(29)26-19-18(15)21(31)28-22(27-19)24-13-5-3-4-12(23)8-13/h3-9,15H,10H2,1-2H3,(H,25,30)(H3,24,26,27,28,29,31). The third kappa shape index (κ3) is 4.42. The van der Waals surface area contributed by atoms with Crippen LogP contribution >= 0.6 is 11.6 Å². The molecular formula is C22H20ClN5O4. The number of carbonyl (C=O) groups excluding carboxylic acids is 2. The molecule has 0 radical (unpaired) electrons. The van der Waals surface area contributed by atoms with Crippen molar-refractivity contribution in [3.8, 4) is 5.75 Å². The number of aryl methyl sites for hydroxylation is 1. The molecule has 4 rings (SSSR count). The third-order valence-electron chi connectivity index (χ3n) is 5.06. The molecule has 2 heterocycles. The van der Waals surface area contributed by atoms with Crippen molar-refractivity contribution in [2.75, 3.05) is 23.1 Å². The molecule has 1 aliphatic heterocycles. The highest BCUT2D eigenvalue weighted by Crippen LogP contribution is 2.31. The Morgan fingerprint density at radius 3 is 2.78 bits per heavy atom. The average Bonchev–Trinajstić information content (AvgIpc) is 2.74. The van der Waals surface area contributed by atoms with Crippen molar-refractivity contribution in [1.82, 2.24) is 9.97 Å². The van der Waals surface area contributed by atoms with Crippen LogP contribution in [0.1, 0.15) is 23.5 Å². The largest absolute Gasteiger partial charge is 0.497 e. The second kappa shape index (κ2) is 8.72. The van der Waals surface area contributed by atoms with Gasteiger partial charge in [0.25, 0.3) is 5.56 Å². The average molecular weight is 454 g/mol. The number of methoxy groups -OCH3 is 1. The number of hydrogen-bond donors (Lipinski definition) is 4. The fourth-order valence-electron chi connectivity index (χ4n) is 3.44. The van der Waals surface area contributed by atoms with E-state index in [0.717, 1.165) is 5.56 Å². The summed E-state index contributed by atoms with van der Waals surface area (Å²) in [7, 11) is 1.53. The molecule has 2 amide bonds. The fourth-order valence-corrected chi connectivity index (χ4v) is 3.63. The zero-order chi connectivity index (χ0) is 22.8. The fraction of sp³-hybridized carbons (Fsp3) is 0.182. The van der Waals surface area contributed by atoms with Gasteiger partial charge in [-0.1, -0.05) is 23.7 Å². The molecule has 1 aliphatic rings. The molecule has 32 heavy (non-hydrogen) atoms. The number of rotatable bonds is 5. The number of aromatic amines is 1. The summed E-state index contributed by atoms with van der Waals surface area (Å²) in [6.07, 6.45) is -0.173. The van der Waals surface area contributed by atoms with E-state index in [-0.39, 0.29) is 23.8 Å². The van der Waals surface area contributed by atoms with E-state index in [2.05, 4.69) is 25.9 Å². The molecular weight excluding hydrogens is 434 g/mol. The maximum Gasteiger partial charge on any atom is 0.258 e. The van der Waals surface area contributed by atoms with Crippen molar-refractivity contribution in [3.05, 3.63) is 69.0 Å². The highest BCUT2D eigenvalue weighted by Gasteiger charge is 2.35. The van der Waals surface area contributed by atoms with E-state index < -0.39 is 23.3 Å². The molecule has 3 aromatic rings. The topological polar surface area (TPSA) is 125 Å². The lowest BCUT2D eigenvalue weighted by Crippen LogP contribution is -2.36. The predicted octanol–water partition coefficient (Wildman–Crippen LogP) is 3.55. The number of anilines is 4. The first kappa shape index (κ1) is 21.4. The number of nitrogens with one attached hydrogen (secondary N) is 4. The Kier molecular flexibility index (Phi) is 5.83. The zero-order valence-corrected chi connectivity index (χ0v) is 18.0. The summed E-state index contributed by atoms with van der Waals surface area (Å²) < 4.78 is 5.20. The first-order valence-corrected chi connectivity index (χ1v) is 10.1. The number of amides is 2. The maximum atomic E-state index is 13.1. The Morgan fingerprint density at radius 2 is 2.03 bits per heavy atom. The molecule has 4 N–H and O–H groups in total. The summed E-state index contributed by atoms with van der Waals surface area (Å²) in [5, 5.41) is 8.82. The van der Waals surface area contributed by atoms with E-state index in [1.807, 2.05) is 6.92 Å². The molecule has 0 spiro atoms. The van der Waals surface area contributed by atoms with Crippen LogP contribution in [-0.2, 0) is 9.59 Å². The summed E-state index contributed by atoms with van der Waals surface area (Å²) >= 11 is 5.99. The lowest BCUT2D eigenvalue weighted by molar-refractivity contribution is -0.123. The van der Waals surface area contributed by atoms with Gasteiger partial charge in [-0.15, -0.1) is 0 Å². The van der Waals surface area contributed by atoms with Gasteiger partial charge < -0.3 is 20.7 Å². The van der Waals surface area contributed by atoms with Gasteiger partial charge in [0.15, 0.2) is 0 Å². The summed E-state index contributed by atoms with van der Waals surface area (Å²) in [5.74, 6) is -1.17. The normalized spacial score (nSPS) is 14.8. The minimum Gasteiger partial charge on any atom is -0.497 e. The van der Waals surface area contributed by atoms with Crippen LogP contribution in [0.15, 0.2) is 47.3 Å². The van der Waals surface area contributed by atoms with Gasteiger partial charge in [-0.2, -0.15) is 4.98 Å². The number of nitrogens with zero attached hydrogens (tertiary/aromatic N) is 1. The SMILES string of the molecule is COc1ccc(C)c(NC(=O)C2CC(=O)Nc3nc(Nc4cccc(Cl)c4)[nH]c(=O)c32)c1. The van der Waals surface area contributed by atoms with Crippen LogP contribution < -0.4 is 26.2 Å². The van der Waals surface area contributed by atoms with Gasteiger partial charge in [-0.25, -0.2) is 0 Å². The van der Waals surface area contributed by atoms with E-state index in [4.69, 9.17) is 16.3 Å². The van der Waals surface area contributed by atoms with E-state index in [1.165, 1.54) is 7.11 Å². The van der Waals surface area contributed by atoms with Crippen molar-refractivity contribution >= 4 is 46.6 Å². The number of fused-ring (bicyclic) bond motifs is 1. The molecule has 164 valence electrons. The lowest BCUT2D eigenvalue weighted by atomic mass is 9.92. The quantitative estimate of drug-likeness (QED) is 0.468. The summed E-state index contributed by atoms with van der Waals surface area (Å²) in [6.45, 7) is 1.83. The van der Waals surface area contributed by atoms with Gasteiger partial charge in [-0.05, 0) is 36.8 Å². The van der Waals surface area contributed by atoms with Crippen LogP contribution in [0.2, 0.25) is 5.02 Å². The molecule has 1 atom stereocenters. The molecule has 0 saturated heterocycles. The first-order chi connectivity index (χ1) is 15.3. The van der Waals surface area contributed by atoms with Crippen LogP contribution in [0.25, 0.3) is 0 Å². The second-order valence-electron chi connectivity index (χ2n) is 7.29. The highest BCUT2D eigenvalue weighted by molar-refractivity contribution is 6.30. The van der Waals surface area contributed by atoms with Crippen LogP contribution in [0.5, 0.6) is 5.75 Å². The van der Waals surface area contributed by atoms with E-state index in [9.17, 15) is 14.4 Å². The molecule has 1 unspecified atom stereocenters. The Labute approximate surface area is 188 Å². The van der Waals surface area contributed by atoms with E-state index >= 15 is 0 Å². The van der Waals surface area contributed by atoms with Crippen LogP contribution in [0.3, 0.4) is 0 Å². The van der Waals surface area contributed by atoms with Crippen molar-refractivity contribution in [2.24, 2.45) is 0 Å². The number of halogens is 1. The van der Waals surface area contributed by atoms with Gasteiger partial charge in [0.05, 0.1) is 18.6 Å². The summed E-state index contributed by atoms with van der Waals surface area (Å²) in [4.78, 5) is 45.1. The van der Waals surface area contributed by atoms with E-state index in [1.54, 1.807) is 42.5 Å². The van der Waals surface area contributed by atoms with Crippen LogP contribution in [0, 0.1) is 6.92 Å². The van der Waals surface area contributed by atoms with Gasteiger partial charge in [0.2, 0.25) is 17.8 Å². The number of benzene rings is 2. The molecule has 0 fully saturated rings. The number of ether oxygens (including phenoxy) is 1. The summed E-state index contributed by atoms with van der Waals surface area (Å²) in [5.41, 5.74) is 1.52. The monoisotopic (exact) mass is 453 g/mol. The highest BCUT2D eigenvalue weighted by atomic mass is 35.5. The van der Waals surface area contributed by atoms with Gasteiger partial charge in [0.1, 0.15) is 11.6 Å². The van der Waals surface area contributed by atoms with Crippen LogP contribution in [0.4, 0.5) is 23.1 Å². The Bertz CT molecular complexity index is 1270. The summed E-state index contributed by atoms with van der Waals surface area (Å²) in [6, 6.07) is 12.1. The van der Waals surface area contributed by atoms with Gasteiger partial charge in [-0.3, -0.25) is 19.4 Å². The molecule has 2 aromatic carbocycles. The molecule has 0 bridgehead atoms. The smallest absolute Gasteiger partial charge is 0.258 e. The molecule has 0 aliphatic carbocycles. The third-order valence-corrected chi connectivity index (χ3v) is 5.29. The zero-order valence-electron chi connectivity index (χ0n) is 17.3. The minimum absolute atomic E-state index is 0.0389. The molecule has 10 heteroatoms. The van der Waals surface area contributed by atoms with Gasteiger partial charge in [0, 0.05) is 28.9 Å². The van der Waals surface area contributed by atoms with E-state index in [0.29, 0.717) is 22.1 Å². The van der Waals surface area contributed by atoms with Crippen molar-refractivity contribution in [2.45, 2.75) is 19.3 Å². The predicted molar refractivity (Wildman–Crippen MR) is 122 cm³/mol. The Hall–Kier alpha value is -3.85. The Balaban J connectivity index is 1.65.